The number of ether oxygens (including phenoxy) is 1. The summed E-state index contributed by atoms with van der Waals surface area (Å²) in [6, 6.07) is 15.2. The van der Waals surface area contributed by atoms with Crippen LogP contribution in [0.25, 0.3) is 6.08 Å². The van der Waals surface area contributed by atoms with E-state index in [-0.39, 0.29) is 30.5 Å². The second kappa shape index (κ2) is 10.5. The molecule has 2 fully saturated rings. The Morgan fingerprint density at radius 2 is 1.91 bits per heavy atom. The molecule has 2 atom stereocenters. The molecule has 2 unspecified atom stereocenters. The van der Waals surface area contributed by atoms with E-state index < -0.39 is 0 Å². The Labute approximate surface area is 201 Å². The van der Waals surface area contributed by atoms with Gasteiger partial charge in [0.15, 0.2) is 5.76 Å². The minimum atomic E-state index is -0.225. The summed E-state index contributed by atoms with van der Waals surface area (Å²) in [5.41, 5.74) is 1.97. The van der Waals surface area contributed by atoms with Gasteiger partial charge in [0.05, 0.1) is 6.04 Å². The molecular formula is C25H26BrClN2O3. The minimum absolute atomic E-state index is 0.0390. The fraction of sp³-hybridized carbons (Fsp3) is 0.360. The summed E-state index contributed by atoms with van der Waals surface area (Å²) in [6.07, 6.45) is 6.25. The molecule has 1 aliphatic heterocycles. The first-order valence-corrected chi connectivity index (χ1v) is 12.1. The number of morpholine rings is 1. The number of hydrogen-bond donors (Lipinski definition) is 1. The molecule has 0 radical (unpaired) electrons. The Balaban J connectivity index is 1.44. The zero-order valence-electron chi connectivity index (χ0n) is 17.7. The van der Waals surface area contributed by atoms with E-state index in [0.717, 1.165) is 41.3 Å². The molecule has 1 saturated carbocycles. The molecule has 0 bridgehead atoms. The average Bonchev–Trinajstić information content (AvgIpc) is 2.79. The van der Waals surface area contributed by atoms with Crippen LogP contribution in [-0.4, -0.2) is 41.9 Å². The third-order valence-electron chi connectivity index (χ3n) is 5.97. The topological polar surface area (TPSA) is 58.6 Å². The number of benzene rings is 2. The van der Waals surface area contributed by atoms with Gasteiger partial charge in [0.2, 0.25) is 5.91 Å². The highest BCUT2D eigenvalue weighted by Gasteiger charge is 2.42. The fourth-order valence-corrected chi connectivity index (χ4v) is 4.83. The van der Waals surface area contributed by atoms with Crippen LogP contribution in [0.4, 0.5) is 0 Å². The van der Waals surface area contributed by atoms with Gasteiger partial charge in [-0.3, -0.25) is 9.59 Å². The van der Waals surface area contributed by atoms with E-state index in [9.17, 15) is 9.59 Å². The fourth-order valence-electron chi connectivity index (χ4n) is 4.30. The molecule has 0 spiro atoms. The van der Waals surface area contributed by atoms with Gasteiger partial charge in [-0.2, -0.15) is 0 Å². The standard InChI is InChI=1S/C25H26BrClN2O3/c26-20-6-2-1-5-18(20)15-23-25(31)29(21-7-3-4-8-22(21)32-23)16-24(30)28-14-13-17-9-11-19(27)12-10-17/h1-2,5-6,9-12,15,21-22H,3-4,7-8,13-14,16H2,(H,28,30)/b23-15+. The first-order valence-electron chi connectivity index (χ1n) is 11.0. The highest BCUT2D eigenvalue weighted by molar-refractivity contribution is 9.10. The number of nitrogens with zero attached hydrogens (tertiary/aromatic N) is 1. The smallest absolute Gasteiger partial charge is 0.289 e. The van der Waals surface area contributed by atoms with Crippen LogP contribution in [-0.2, 0) is 20.7 Å². The number of halogens is 2. The van der Waals surface area contributed by atoms with Crippen molar-refractivity contribution in [2.75, 3.05) is 13.1 Å². The summed E-state index contributed by atoms with van der Waals surface area (Å²) in [6.45, 7) is 0.546. The van der Waals surface area contributed by atoms with Gasteiger partial charge >= 0.3 is 0 Å². The van der Waals surface area contributed by atoms with E-state index in [1.54, 1.807) is 11.0 Å². The van der Waals surface area contributed by atoms with Crippen LogP contribution in [0.5, 0.6) is 0 Å². The van der Waals surface area contributed by atoms with E-state index in [1.165, 1.54) is 0 Å². The Morgan fingerprint density at radius 1 is 1.16 bits per heavy atom. The lowest BCUT2D eigenvalue weighted by Crippen LogP contribution is -2.57. The van der Waals surface area contributed by atoms with E-state index >= 15 is 0 Å². The Bertz CT molecular complexity index is 1010. The lowest BCUT2D eigenvalue weighted by molar-refractivity contribution is -0.151. The number of carbonyl (C=O) groups is 2. The molecule has 2 aliphatic rings. The number of hydrogen-bond acceptors (Lipinski definition) is 3. The molecule has 7 heteroatoms. The third-order valence-corrected chi connectivity index (χ3v) is 6.95. The molecule has 0 aromatic heterocycles. The largest absolute Gasteiger partial charge is 0.482 e. The van der Waals surface area contributed by atoms with Crippen LogP contribution < -0.4 is 5.32 Å². The zero-order chi connectivity index (χ0) is 22.5. The Kier molecular flexibility index (Phi) is 7.53. The maximum Gasteiger partial charge on any atom is 0.289 e. The molecule has 2 amide bonds. The van der Waals surface area contributed by atoms with Crippen molar-refractivity contribution in [3.63, 3.8) is 0 Å². The number of nitrogens with one attached hydrogen (secondary N) is 1. The SMILES string of the molecule is O=C(CN1C(=O)/C(=C\c2ccccc2Br)OC2CCCCC21)NCCc1ccc(Cl)cc1. The van der Waals surface area contributed by atoms with Crippen molar-refractivity contribution in [2.24, 2.45) is 0 Å². The zero-order valence-corrected chi connectivity index (χ0v) is 20.1. The van der Waals surface area contributed by atoms with Crippen LogP contribution in [0.2, 0.25) is 5.02 Å². The van der Waals surface area contributed by atoms with E-state index in [4.69, 9.17) is 16.3 Å². The van der Waals surface area contributed by atoms with Crippen LogP contribution in [0.1, 0.15) is 36.8 Å². The van der Waals surface area contributed by atoms with E-state index in [0.29, 0.717) is 23.7 Å². The highest BCUT2D eigenvalue weighted by Crippen LogP contribution is 2.33. The Hall–Kier alpha value is -2.31. The van der Waals surface area contributed by atoms with Crippen molar-refractivity contribution in [2.45, 2.75) is 44.2 Å². The van der Waals surface area contributed by atoms with Gasteiger partial charge < -0.3 is 15.0 Å². The predicted octanol–water partition coefficient (Wildman–Crippen LogP) is 4.97. The molecule has 5 nitrogen and oxygen atoms in total. The molecule has 1 heterocycles. The van der Waals surface area contributed by atoms with Crippen LogP contribution in [0, 0.1) is 0 Å². The lowest BCUT2D eigenvalue weighted by Gasteiger charge is -2.44. The van der Waals surface area contributed by atoms with Crippen molar-refractivity contribution in [1.82, 2.24) is 10.2 Å². The minimum Gasteiger partial charge on any atom is -0.482 e. The first kappa shape index (κ1) is 22.9. The molecule has 1 saturated heterocycles. The summed E-state index contributed by atoms with van der Waals surface area (Å²) in [7, 11) is 0. The van der Waals surface area contributed by atoms with Crippen molar-refractivity contribution in [3.05, 3.63) is 74.9 Å². The second-order valence-corrected chi connectivity index (χ2v) is 9.49. The van der Waals surface area contributed by atoms with Gasteiger partial charge in [-0.1, -0.05) is 64.3 Å². The van der Waals surface area contributed by atoms with Gasteiger partial charge in [0, 0.05) is 16.0 Å². The predicted molar refractivity (Wildman–Crippen MR) is 129 cm³/mol. The van der Waals surface area contributed by atoms with Gasteiger partial charge in [-0.25, -0.2) is 0 Å². The molecule has 4 rings (SSSR count). The van der Waals surface area contributed by atoms with Crippen LogP contribution >= 0.6 is 27.5 Å². The van der Waals surface area contributed by atoms with Gasteiger partial charge in [0.1, 0.15) is 12.6 Å². The number of amides is 2. The third kappa shape index (κ3) is 5.54. The van der Waals surface area contributed by atoms with Crippen molar-refractivity contribution < 1.29 is 14.3 Å². The maximum atomic E-state index is 13.3. The van der Waals surface area contributed by atoms with Gasteiger partial charge in [-0.15, -0.1) is 0 Å². The average molecular weight is 518 g/mol. The summed E-state index contributed by atoms with van der Waals surface area (Å²) in [5.74, 6) is -0.0791. The van der Waals surface area contributed by atoms with Crippen LogP contribution in [0.15, 0.2) is 58.8 Å². The summed E-state index contributed by atoms with van der Waals surface area (Å²) in [4.78, 5) is 27.7. The molecule has 2 aromatic rings. The first-order chi connectivity index (χ1) is 15.5. The molecule has 1 N–H and O–H groups in total. The quantitative estimate of drug-likeness (QED) is 0.550. The van der Waals surface area contributed by atoms with E-state index in [1.807, 2.05) is 48.5 Å². The lowest BCUT2D eigenvalue weighted by atomic mass is 9.89. The van der Waals surface area contributed by atoms with Crippen molar-refractivity contribution >= 4 is 45.4 Å². The van der Waals surface area contributed by atoms with Gasteiger partial charge in [0.25, 0.3) is 5.91 Å². The summed E-state index contributed by atoms with van der Waals surface area (Å²) < 4.78 is 7.02. The normalized spacial score (nSPS) is 21.8. The summed E-state index contributed by atoms with van der Waals surface area (Å²) >= 11 is 9.44. The number of fused-ring (bicyclic) bond motifs is 1. The molecule has 168 valence electrons. The maximum absolute atomic E-state index is 13.3. The highest BCUT2D eigenvalue weighted by atomic mass is 79.9. The summed E-state index contributed by atoms with van der Waals surface area (Å²) in [5, 5.41) is 3.64. The molecular weight excluding hydrogens is 492 g/mol. The monoisotopic (exact) mass is 516 g/mol. The molecule has 1 aliphatic carbocycles. The Morgan fingerprint density at radius 3 is 2.69 bits per heavy atom. The van der Waals surface area contributed by atoms with Crippen molar-refractivity contribution in [3.8, 4) is 0 Å². The molecule has 32 heavy (non-hydrogen) atoms. The van der Waals surface area contributed by atoms with Crippen LogP contribution in [0.3, 0.4) is 0 Å². The van der Waals surface area contributed by atoms with Crippen molar-refractivity contribution in [1.29, 1.82) is 0 Å². The number of rotatable bonds is 6. The van der Waals surface area contributed by atoms with Gasteiger partial charge in [-0.05, 0) is 61.1 Å². The van der Waals surface area contributed by atoms with E-state index in [2.05, 4.69) is 21.2 Å². The number of carbonyl (C=O) groups excluding carboxylic acids is 2. The molecule has 2 aromatic carbocycles. The second-order valence-electron chi connectivity index (χ2n) is 8.20.